The first-order chi connectivity index (χ1) is 8.51. The quantitative estimate of drug-likeness (QED) is 0.863. The zero-order valence-electron chi connectivity index (χ0n) is 10.6. The van der Waals surface area contributed by atoms with Gasteiger partial charge in [0.05, 0.1) is 5.54 Å². The molecule has 0 heterocycles. The van der Waals surface area contributed by atoms with Crippen molar-refractivity contribution >= 4 is 23.2 Å². The van der Waals surface area contributed by atoms with Crippen molar-refractivity contribution in [3.63, 3.8) is 0 Å². The topological polar surface area (TPSA) is 55.1 Å². The number of nitrogens with one attached hydrogen (secondary N) is 1. The summed E-state index contributed by atoms with van der Waals surface area (Å²) in [6, 6.07) is 5.43. The van der Waals surface area contributed by atoms with Crippen molar-refractivity contribution in [3.8, 4) is 0 Å². The second-order valence-electron chi connectivity index (χ2n) is 5.13. The molecule has 0 aliphatic heterocycles. The molecule has 0 radical (unpaired) electrons. The van der Waals surface area contributed by atoms with Gasteiger partial charge >= 0.3 is 0 Å². The third-order valence-electron chi connectivity index (χ3n) is 3.63. The lowest BCUT2D eigenvalue weighted by Gasteiger charge is -2.32. The van der Waals surface area contributed by atoms with Crippen molar-refractivity contribution in [2.24, 2.45) is 5.73 Å². The zero-order valence-corrected chi connectivity index (χ0v) is 11.4. The number of carbonyl (C=O) groups is 1. The summed E-state index contributed by atoms with van der Waals surface area (Å²) in [5.41, 5.74) is 7.23. The number of hydrogen-bond donors (Lipinski definition) is 2. The van der Waals surface area contributed by atoms with E-state index in [9.17, 15) is 4.79 Å². The van der Waals surface area contributed by atoms with Gasteiger partial charge in [0.1, 0.15) is 0 Å². The fraction of sp³-hybridized carbons (Fsp3) is 0.500. The van der Waals surface area contributed by atoms with Gasteiger partial charge in [-0.25, -0.2) is 0 Å². The van der Waals surface area contributed by atoms with Crippen LogP contribution in [0.25, 0.3) is 0 Å². The molecule has 0 saturated heterocycles. The van der Waals surface area contributed by atoms with Crippen LogP contribution in [0.5, 0.6) is 0 Å². The van der Waals surface area contributed by atoms with Gasteiger partial charge in [0.15, 0.2) is 0 Å². The Bertz CT molecular complexity index is 453. The van der Waals surface area contributed by atoms with Gasteiger partial charge in [0.25, 0.3) is 0 Å². The minimum Gasteiger partial charge on any atom is -0.324 e. The third-order valence-corrected chi connectivity index (χ3v) is 3.87. The highest BCUT2D eigenvalue weighted by Gasteiger charge is 2.35. The van der Waals surface area contributed by atoms with Crippen LogP contribution in [-0.2, 0) is 4.79 Å². The van der Waals surface area contributed by atoms with Crippen molar-refractivity contribution in [2.75, 3.05) is 5.32 Å². The molecule has 1 saturated carbocycles. The van der Waals surface area contributed by atoms with Crippen molar-refractivity contribution in [1.29, 1.82) is 0 Å². The molecule has 1 aromatic rings. The first kappa shape index (κ1) is 13.4. The van der Waals surface area contributed by atoms with E-state index in [1.165, 1.54) is 6.42 Å². The number of benzene rings is 1. The highest BCUT2D eigenvalue weighted by molar-refractivity contribution is 6.30. The average molecular weight is 267 g/mol. The molecule has 4 heteroatoms. The van der Waals surface area contributed by atoms with E-state index in [1.807, 2.05) is 19.1 Å². The van der Waals surface area contributed by atoms with Crippen LogP contribution >= 0.6 is 11.6 Å². The zero-order chi connectivity index (χ0) is 13.2. The number of rotatable bonds is 2. The third kappa shape index (κ3) is 2.85. The number of anilines is 1. The number of nitrogens with two attached hydrogens (primary N) is 1. The Labute approximate surface area is 113 Å². The van der Waals surface area contributed by atoms with E-state index in [1.54, 1.807) is 6.07 Å². The molecule has 1 fully saturated rings. The summed E-state index contributed by atoms with van der Waals surface area (Å²) in [6.45, 7) is 1.92. The summed E-state index contributed by atoms with van der Waals surface area (Å²) in [5, 5.41) is 3.60. The van der Waals surface area contributed by atoms with Gasteiger partial charge in [0, 0.05) is 10.7 Å². The van der Waals surface area contributed by atoms with Crippen molar-refractivity contribution < 1.29 is 4.79 Å². The largest absolute Gasteiger partial charge is 0.324 e. The van der Waals surface area contributed by atoms with Gasteiger partial charge in [-0.05, 0) is 43.5 Å². The Morgan fingerprint density at radius 1 is 1.33 bits per heavy atom. The predicted molar refractivity (Wildman–Crippen MR) is 74.8 cm³/mol. The summed E-state index contributed by atoms with van der Waals surface area (Å²) < 4.78 is 0. The predicted octanol–water partition coefficient (Wildman–Crippen LogP) is 3.25. The fourth-order valence-corrected chi connectivity index (χ4v) is 2.65. The Balaban J connectivity index is 2.11. The maximum atomic E-state index is 12.3. The number of aryl methyl sites for hydroxylation is 1. The molecule has 3 nitrogen and oxygen atoms in total. The van der Waals surface area contributed by atoms with Crippen LogP contribution in [0.4, 0.5) is 5.69 Å². The molecule has 0 aromatic heterocycles. The SMILES string of the molecule is Cc1cc(Cl)ccc1NC(=O)C1(N)CCCCC1. The molecule has 98 valence electrons. The lowest BCUT2D eigenvalue weighted by atomic mass is 9.82. The van der Waals surface area contributed by atoms with E-state index in [4.69, 9.17) is 17.3 Å². The van der Waals surface area contributed by atoms with Crippen LogP contribution < -0.4 is 11.1 Å². The van der Waals surface area contributed by atoms with E-state index in [2.05, 4.69) is 5.32 Å². The van der Waals surface area contributed by atoms with Crippen LogP contribution in [0, 0.1) is 6.92 Å². The minimum absolute atomic E-state index is 0.0763. The number of carbonyl (C=O) groups excluding carboxylic acids is 1. The highest BCUT2D eigenvalue weighted by Crippen LogP contribution is 2.28. The van der Waals surface area contributed by atoms with Crippen molar-refractivity contribution in [3.05, 3.63) is 28.8 Å². The molecule has 3 N–H and O–H groups in total. The molecule has 0 spiro atoms. The normalized spacial score (nSPS) is 18.4. The molecular weight excluding hydrogens is 248 g/mol. The molecule has 1 aliphatic carbocycles. The van der Waals surface area contributed by atoms with Gasteiger partial charge in [-0.3, -0.25) is 4.79 Å². The maximum absolute atomic E-state index is 12.3. The smallest absolute Gasteiger partial charge is 0.244 e. The van der Waals surface area contributed by atoms with E-state index >= 15 is 0 Å². The van der Waals surface area contributed by atoms with Crippen LogP contribution in [0.2, 0.25) is 5.02 Å². The Morgan fingerprint density at radius 3 is 2.61 bits per heavy atom. The first-order valence-electron chi connectivity index (χ1n) is 6.38. The van der Waals surface area contributed by atoms with E-state index in [-0.39, 0.29) is 5.91 Å². The second kappa shape index (κ2) is 5.29. The molecule has 18 heavy (non-hydrogen) atoms. The van der Waals surface area contributed by atoms with Gasteiger partial charge in [0.2, 0.25) is 5.91 Å². The Morgan fingerprint density at radius 2 is 2.00 bits per heavy atom. The molecule has 1 aliphatic rings. The van der Waals surface area contributed by atoms with Crippen LogP contribution in [0.15, 0.2) is 18.2 Å². The molecule has 1 amide bonds. The van der Waals surface area contributed by atoms with Crippen LogP contribution in [0.3, 0.4) is 0 Å². The first-order valence-corrected chi connectivity index (χ1v) is 6.75. The van der Waals surface area contributed by atoms with Crippen molar-refractivity contribution in [2.45, 2.75) is 44.6 Å². The van der Waals surface area contributed by atoms with Crippen LogP contribution in [-0.4, -0.2) is 11.4 Å². The lowest BCUT2D eigenvalue weighted by molar-refractivity contribution is -0.122. The molecule has 1 aromatic carbocycles. The van der Waals surface area contributed by atoms with Gasteiger partial charge in [-0.1, -0.05) is 30.9 Å². The molecule has 0 atom stereocenters. The number of hydrogen-bond acceptors (Lipinski definition) is 2. The summed E-state index contributed by atoms with van der Waals surface area (Å²) in [5.74, 6) is -0.0763. The Hall–Kier alpha value is -1.06. The highest BCUT2D eigenvalue weighted by atomic mass is 35.5. The van der Waals surface area contributed by atoms with Gasteiger partial charge in [-0.15, -0.1) is 0 Å². The van der Waals surface area contributed by atoms with Crippen molar-refractivity contribution in [1.82, 2.24) is 0 Å². The molecule has 0 bridgehead atoms. The minimum atomic E-state index is -0.704. The second-order valence-corrected chi connectivity index (χ2v) is 5.57. The Kier molecular flexibility index (Phi) is 3.93. The molecular formula is C14H19ClN2O. The summed E-state index contributed by atoms with van der Waals surface area (Å²) in [6.07, 6.45) is 4.77. The van der Waals surface area contributed by atoms with E-state index < -0.39 is 5.54 Å². The average Bonchev–Trinajstić information content (AvgIpc) is 2.33. The summed E-state index contributed by atoms with van der Waals surface area (Å²) >= 11 is 5.89. The standard InChI is InChI=1S/C14H19ClN2O/c1-10-9-11(15)5-6-12(10)17-13(18)14(16)7-3-2-4-8-14/h5-6,9H,2-4,7-8,16H2,1H3,(H,17,18). The van der Waals surface area contributed by atoms with E-state index in [0.29, 0.717) is 5.02 Å². The summed E-state index contributed by atoms with van der Waals surface area (Å²) in [7, 11) is 0. The fourth-order valence-electron chi connectivity index (χ4n) is 2.42. The monoisotopic (exact) mass is 266 g/mol. The van der Waals surface area contributed by atoms with Gasteiger partial charge in [-0.2, -0.15) is 0 Å². The lowest BCUT2D eigenvalue weighted by Crippen LogP contribution is -2.52. The van der Waals surface area contributed by atoms with Crippen LogP contribution in [0.1, 0.15) is 37.7 Å². The summed E-state index contributed by atoms with van der Waals surface area (Å²) in [4.78, 5) is 12.3. The number of halogens is 1. The van der Waals surface area contributed by atoms with Gasteiger partial charge < -0.3 is 11.1 Å². The maximum Gasteiger partial charge on any atom is 0.244 e. The number of amides is 1. The molecule has 0 unspecified atom stereocenters. The molecule has 2 rings (SSSR count). The van der Waals surface area contributed by atoms with E-state index in [0.717, 1.165) is 36.9 Å².